The number of nitrogens with zero attached hydrogens (tertiary/aromatic N) is 1. The first-order chi connectivity index (χ1) is 11.0. The van der Waals surface area contributed by atoms with E-state index < -0.39 is 11.9 Å². The minimum atomic E-state index is -0.822. The second-order valence-corrected chi connectivity index (χ2v) is 5.32. The lowest BCUT2D eigenvalue weighted by molar-refractivity contribution is -0.144. The standard InChI is InChI=1S/C17H25NO5/c1-12(23-8-7-16(18-3)13(2)21-4)5-6-14-9-15(17(19)20)11-22-10-14/h5-6,15H,3,7-11H2,1-2,4H3,(H,19,20)/b12-5+,14-6-,16-13-. The van der Waals surface area contributed by atoms with Crippen molar-refractivity contribution in [1.82, 2.24) is 0 Å². The Balaban J connectivity index is 2.49. The molecule has 1 rings (SSSR count). The predicted octanol–water partition coefficient (Wildman–Crippen LogP) is 2.92. The van der Waals surface area contributed by atoms with Crippen LogP contribution in [0.4, 0.5) is 0 Å². The van der Waals surface area contributed by atoms with Crippen LogP contribution in [0.1, 0.15) is 26.7 Å². The highest BCUT2D eigenvalue weighted by molar-refractivity contribution is 5.70. The van der Waals surface area contributed by atoms with Crippen molar-refractivity contribution in [3.63, 3.8) is 0 Å². The van der Waals surface area contributed by atoms with Crippen LogP contribution >= 0.6 is 0 Å². The number of carbonyl (C=O) groups is 1. The molecular formula is C17H25NO5. The molecule has 6 heteroatoms. The van der Waals surface area contributed by atoms with Crippen molar-refractivity contribution >= 4 is 12.7 Å². The zero-order valence-corrected chi connectivity index (χ0v) is 14.0. The van der Waals surface area contributed by atoms with Crippen molar-refractivity contribution in [2.24, 2.45) is 10.9 Å². The molecule has 0 aromatic carbocycles. The average Bonchev–Trinajstić information content (AvgIpc) is 2.56. The molecule has 1 unspecified atom stereocenters. The van der Waals surface area contributed by atoms with Gasteiger partial charge >= 0.3 is 5.97 Å². The Labute approximate surface area is 137 Å². The van der Waals surface area contributed by atoms with Gasteiger partial charge in [-0.05, 0) is 38.6 Å². The molecule has 0 aromatic heterocycles. The summed E-state index contributed by atoms with van der Waals surface area (Å²) in [4.78, 5) is 14.9. The van der Waals surface area contributed by atoms with E-state index in [-0.39, 0.29) is 6.61 Å². The number of ether oxygens (including phenoxy) is 3. The van der Waals surface area contributed by atoms with E-state index in [4.69, 9.17) is 19.3 Å². The van der Waals surface area contributed by atoms with Crippen LogP contribution in [0.25, 0.3) is 0 Å². The lowest BCUT2D eigenvalue weighted by atomic mass is 9.98. The molecule has 1 N–H and O–H groups in total. The quantitative estimate of drug-likeness (QED) is 0.549. The third-order valence-corrected chi connectivity index (χ3v) is 3.59. The van der Waals surface area contributed by atoms with E-state index in [2.05, 4.69) is 11.7 Å². The van der Waals surface area contributed by atoms with Crippen LogP contribution in [0.3, 0.4) is 0 Å². The lowest BCUT2D eigenvalue weighted by Crippen LogP contribution is -2.26. The Morgan fingerprint density at radius 2 is 2.26 bits per heavy atom. The van der Waals surface area contributed by atoms with Gasteiger partial charge in [0, 0.05) is 6.42 Å². The molecule has 0 aromatic rings. The van der Waals surface area contributed by atoms with E-state index >= 15 is 0 Å². The van der Waals surface area contributed by atoms with Gasteiger partial charge in [-0.25, -0.2) is 0 Å². The summed E-state index contributed by atoms with van der Waals surface area (Å²) in [7, 11) is 1.59. The molecule has 0 saturated carbocycles. The van der Waals surface area contributed by atoms with Crippen LogP contribution in [0.2, 0.25) is 0 Å². The van der Waals surface area contributed by atoms with Gasteiger partial charge in [0.2, 0.25) is 0 Å². The monoisotopic (exact) mass is 323 g/mol. The van der Waals surface area contributed by atoms with Crippen LogP contribution < -0.4 is 0 Å². The molecule has 23 heavy (non-hydrogen) atoms. The number of methoxy groups -OCH3 is 1. The lowest BCUT2D eigenvalue weighted by Gasteiger charge is -2.20. The summed E-state index contributed by atoms with van der Waals surface area (Å²) in [6, 6.07) is 0. The average molecular weight is 323 g/mol. The summed E-state index contributed by atoms with van der Waals surface area (Å²) in [6.07, 6.45) is 4.82. The fourth-order valence-corrected chi connectivity index (χ4v) is 2.12. The number of hydrogen-bond donors (Lipinski definition) is 1. The van der Waals surface area contributed by atoms with Crippen molar-refractivity contribution in [1.29, 1.82) is 0 Å². The minimum Gasteiger partial charge on any atom is -0.500 e. The summed E-state index contributed by atoms with van der Waals surface area (Å²) >= 11 is 0. The molecule has 0 aliphatic carbocycles. The number of hydrogen-bond acceptors (Lipinski definition) is 5. The first kappa shape index (κ1) is 19.0. The Morgan fingerprint density at radius 1 is 1.52 bits per heavy atom. The van der Waals surface area contributed by atoms with Gasteiger partial charge in [0.15, 0.2) is 0 Å². The van der Waals surface area contributed by atoms with Gasteiger partial charge in [0.05, 0.1) is 44.3 Å². The molecule has 1 fully saturated rings. The van der Waals surface area contributed by atoms with E-state index in [1.54, 1.807) is 7.11 Å². The number of aliphatic carboxylic acids is 1. The maximum atomic E-state index is 11.0. The molecular weight excluding hydrogens is 298 g/mol. The van der Waals surface area contributed by atoms with Gasteiger partial charge in [0.25, 0.3) is 0 Å². The number of carboxylic acids is 1. The summed E-state index contributed by atoms with van der Waals surface area (Å²) in [6.45, 7) is 8.41. The van der Waals surface area contributed by atoms with Gasteiger partial charge in [-0.1, -0.05) is 6.08 Å². The van der Waals surface area contributed by atoms with Crippen molar-refractivity contribution in [2.75, 3.05) is 26.9 Å². The SMILES string of the molecule is C=N/C(CCO/C(C)=C/C=C1\COCC(C(=O)O)C1)=C(/C)OC. The molecule has 0 bridgehead atoms. The van der Waals surface area contributed by atoms with Crippen LogP contribution in [0.15, 0.2) is 39.9 Å². The van der Waals surface area contributed by atoms with Gasteiger partial charge in [0.1, 0.15) is 5.76 Å². The molecule has 1 aliphatic heterocycles. The summed E-state index contributed by atoms with van der Waals surface area (Å²) in [5, 5.41) is 9.01. The van der Waals surface area contributed by atoms with Gasteiger partial charge < -0.3 is 19.3 Å². The van der Waals surface area contributed by atoms with Crippen molar-refractivity contribution in [3.8, 4) is 0 Å². The molecule has 1 aliphatic rings. The number of rotatable bonds is 8. The normalized spacial score (nSPS) is 21.6. The number of carboxylic acid groups (broad SMARTS) is 1. The van der Waals surface area contributed by atoms with Crippen LogP contribution in [0, 0.1) is 5.92 Å². The fourth-order valence-electron chi connectivity index (χ4n) is 2.12. The van der Waals surface area contributed by atoms with Crippen molar-refractivity contribution in [2.45, 2.75) is 26.7 Å². The third-order valence-electron chi connectivity index (χ3n) is 3.59. The summed E-state index contributed by atoms with van der Waals surface area (Å²) in [5.74, 6) is 0.185. The molecule has 6 nitrogen and oxygen atoms in total. The minimum absolute atomic E-state index is 0.272. The molecule has 0 spiro atoms. The van der Waals surface area contributed by atoms with Crippen LogP contribution in [-0.2, 0) is 19.0 Å². The largest absolute Gasteiger partial charge is 0.500 e. The Hall–Kier alpha value is -2.08. The summed E-state index contributed by atoms with van der Waals surface area (Å²) in [5.41, 5.74) is 1.72. The van der Waals surface area contributed by atoms with Crippen LogP contribution in [-0.4, -0.2) is 44.7 Å². The highest BCUT2D eigenvalue weighted by Crippen LogP contribution is 2.19. The highest BCUT2D eigenvalue weighted by atomic mass is 16.5. The molecule has 0 radical (unpaired) electrons. The highest BCUT2D eigenvalue weighted by Gasteiger charge is 2.23. The van der Waals surface area contributed by atoms with Crippen molar-refractivity contribution < 1.29 is 24.1 Å². The number of aliphatic imine (C=N–C) groups is 1. The van der Waals surface area contributed by atoms with E-state index in [0.717, 1.165) is 22.8 Å². The second kappa shape index (κ2) is 9.84. The fraction of sp³-hybridized carbons (Fsp3) is 0.529. The zero-order valence-electron chi connectivity index (χ0n) is 14.0. The number of allylic oxidation sites excluding steroid dienone is 4. The Kier molecular flexibility index (Phi) is 8.11. The maximum absolute atomic E-state index is 11.0. The van der Waals surface area contributed by atoms with Gasteiger partial charge in [-0.2, -0.15) is 0 Å². The Morgan fingerprint density at radius 3 is 2.87 bits per heavy atom. The van der Waals surface area contributed by atoms with Gasteiger partial charge in [-0.15, -0.1) is 0 Å². The molecule has 1 saturated heterocycles. The topological polar surface area (TPSA) is 77.4 Å². The van der Waals surface area contributed by atoms with E-state index in [0.29, 0.717) is 26.1 Å². The molecule has 0 amide bonds. The van der Waals surface area contributed by atoms with E-state index in [1.165, 1.54) is 0 Å². The third kappa shape index (κ3) is 6.69. The van der Waals surface area contributed by atoms with E-state index in [1.807, 2.05) is 26.0 Å². The van der Waals surface area contributed by atoms with Crippen molar-refractivity contribution in [3.05, 3.63) is 34.9 Å². The van der Waals surface area contributed by atoms with Crippen LogP contribution in [0.5, 0.6) is 0 Å². The molecule has 1 atom stereocenters. The Bertz CT molecular complexity index is 519. The van der Waals surface area contributed by atoms with Gasteiger partial charge in [-0.3, -0.25) is 9.79 Å². The summed E-state index contributed by atoms with van der Waals surface area (Å²) < 4.78 is 16.0. The molecule has 1 heterocycles. The first-order valence-corrected chi connectivity index (χ1v) is 7.48. The van der Waals surface area contributed by atoms with E-state index in [9.17, 15) is 4.79 Å². The molecule has 128 valence electrons. The smallest absolute Gasteiger partial charge is 0.309 e. The maximum Gasteiger partial charge on any atom is 0.309 e. The second-order valence-electron chi connectivity index (χ2n) is 5.32. The predicted molar refractivity (Wildman–Crippen MR) is 88.2 cm³/mol. The first-order valence-electron chi connectivity index (χ1n) is 7.48. The zero-order chi connectivity index (χ0) is 17.2.